The fourth-order valence-electron chi connectivity index (χ4n) is 3.30. The highest BCUT2D eigenvalue weighted by Gasteiger charge is 2.10. The van der Waals surface area contributed by atoms with Gasteiger partial charge in [-0.1, -0.05) is 30.3 Å². The molecule has 3 aromatic rings. The van der Waals surface area contributed by atoms with Crippen LogP contribution in [0.5, 0.6) is 5.75 Å². The van der Waals surface area contributed by atoms with Crippen molar-refractivity contribution >= 4 is 21.8 Å². The van der Waals surface area contributed by atoms with Crippen LogP contribution in [0, 0.1) is 0 Å². The highest BCUT2D eigenvalue weighted by Crippen LogP contribution is 2.30. The van der Waals surface area contributed by atoms with Gasteiger partial charge in [0.05, 0.1) is 27.7 Å². The number of hydrogen-bond acceptors (Lipinski definition) is 1. The number of quaternary nitrogens is 1. The van der Waals surface area contributed by atoms with Crippen molar-refractivity contribution in [2.75, 3.05) is 27.7 Å². The Morgan fingerprint density at radius 3 is 2.39 bits per heavy atom. The second-order valence-corrected chi connectivity index (χ2v) is 7.42. The molecule has 122 valence electrons. The first kappa shape index (κ1) is 15.9. The Labute approximate surface area is 138 Å². The van der Waals surface area contributed by atoms with Crippen LogP contribution in [0.1, 0.15) is 19.3 Å². The minimum Gasteiger partial charge on any atom is -0.872 e. The van der Waals surface area contributed by atoms with Crippen LogP contribution in [0.4, 0.5) is 0 Å². The Morgan fingerprint density at radius 2 is 1.61 bits per heavy atom. The number of para-hydroxylation sites is 1. The van der Waals surface area contributed by atoms with Gasteiger partial charge in [0.15, 0.2) is 0 Å². The van der Waals surface area contributed by atoms with Crippen molar-refractivity contribution in [2.45, 2.75) is 25.8 Å². The average Bonchev–Trinajstić information content (AvgIpc) is 2.79. The van der Waals surface area contributed by atoms with E-state index in [-0.39, 0.29) is 5.75 Å². The van der Waals surface area contributed by atoms with Gasteiger partial charge in [0.25, 0.3) is 0 Å². The Hall–Kier alpha value is -2.00. The van der Waals surface area contributed by atoms with E-state index in [2.05, 4.69) is 50.0 Å². The molecule has 0 unspecified atom stereocenters. The number of nitrogens with zero attached hydrogens (tertiary/aromatic N) is 2. The maximum Gasteiger partial charge on any atom is 0.0780 e. The molecule has 0 atom stereocenters. The zero-order valence-corrected chi connectivity index (χ0v) is 14.4. The molecule has 3 rings (SSSR count). The van der Waals surface area contributed by atoms with Gasteiger partial charge >= 0.3 is 0 Å². The lowest BCUT2D eigenvalue weighted by Gasteiger charge is -2.23. The molecule has 0 bridgehead atoms. The summed E-state index contributed by atoms with van der Waals surface area (Å²) >= 11 is 0. The number of benzene rings is 2. The summed E-state index contributed by atoms with van der Waals surface area (Å²) in [4.78, 5) is 0. The number of rotatable bonds is 6. The molecule has 0 radical (unpaired) electrons. The van der Waals surface area contributed by atoms with Crippen LogP contribution in [0.15, 0.2) is 42.5 Å². The van der Waals surface area contributed by atoms with E-state index in [4.69, 9.17) is 0 Å². The first-order valence-electron chi connectivity index (χ1n) is 8.44. The fourth-order valence-corrected chi connectivity index (χ4v) is 3.30. The number of aryl methyl sites for hydroxylation is 1. The maximum atomic E-state index is 11.8. The summed E-state index contributed by atoms with van der Waals surface area (Å²) in [5, 5.41) is 14.2. The zero-order chi connectivity index (χ0) is 16.4. The summed E-state index contributed by atoms with van der Waals surface area (Å²) in [6.45, 7) is 2.18. The molecule has 0 spiro atoms. The van der Waals surface area contributed by atoms with Crippen molar-refractivity contribution in [3.63, 3.8) is 0 Å². The van der Waals surface area contributed by atoms with Crippen LogP contribution in [0.2, 0.25) is 0 Å². The summed E-state index contributed by atoms with van der Waals surface area (Å²) in [6, 6.07) is 13.9. The number of hydrogen-bond donors (Lipinski definition) is 0. The second kappa shape index (κ2) is 6.25. The van der Waals surface area contributed by atoms with E-state index in [9.17, 15) is 5.11 Å². The van der Waals surface area contributed by atoms with Crippen molar-refractivity contribution < 1.29 is 9.59 Å². The zero-order valence-electron chi connectivity index (χ0n) is 14.4. The molecule has 0 fully saturated rings. The van der Waals surface area contributed by atoms with Crippen molar-refractivity contribution in [3.05, 3.63) is 42.5 Å². The molecule has 3 heteroatoms. The molecule has 0 aliphatic heterocycles. The van der Waals surface area contributed by atoms with E-state index in [0.29, 0.717) is 0 Å². The van der Waals surface area contributed by atoms with Gasteiger partial charge in [-0.05, 0) is 31.4 Å². The summed E-state index contributed by atoms with van der Waals surface area (Å²) in [6.07, 6.45) is 3.62. The molecule has 0 N–H and O–H groups in total. The van der Waals surface area contributed by atoms with Crippen molar-refractivity contribution in [1.29, 1.82) is 0 Å². The Morgan fingerprint density at radius 1 is 0.870 bits per heavy atom. The first-order valence-corrected chi connectivity index (χ1v) is 8.44. The SMILES string of the molecule is C[N+](C)(C)CCCCCn1c2ccccc2c2ccc([O-])cc21. The second-order valence-electron chi connectivity index (χ2n) is 7.42. The van der Waals surface area contributed by atoms with Crippen LogP contribution >= 0.6 is 0 Å². The van der Waals surface area contributed by atoms with Gasteiger partial charge in [-0.25, -0.2) is 0 Å². The smallest absolute Gasteiger partial charge is 0.0780 e. The molecule has 2 aromatic carbocycles. The van der Waals surface area contributed by atoms with Crippen molar-refractivity contribution in [3.8, 4) is 5.75 Å². The molecule has 0 aliphatic carbocycles. The number of unbranched alkanes of at least 4 members (excludes halogenated alkanes) is 2. The minimum atomic E-state index is 0.0894. The quantitative estimate of drug-likeness (QED) is 0.503. The maximum absolute atomic E-state index is 11.8. The minimum absolute atomic E-state index is 0.0894. The van der Waals surface area contributed by atoms with Gasteiger partial charge in [-0.2, -0.15) is 0 Å². The Balaban J connectivity index is 1.82. The van der Waals surface area contributed by atoms with Gasteiger partial charge < -0.3 is 14.2 Å². The van der Waals surface area contributed by atoms with E-state index in [0.717, 1.165) is 23.0 Å². The van der Waals surface area contributed by atoms with Crippen LogP contribution in [-0.2, 0) is 6.54 Å². The van der Waals surface area contributed by atoms with E-state index < -0.39 is 0 Å². The Bertz CT molecular complexity index is 811. The molecule has 0 saturated carbocycles. The number of fused-ring (bicyclic) bond motifs is 3. The van der Waals surface area contributed by atoms with Gasteiger partial charge in [0.1, 0.15) is 0 Å². The lowest BCUT2D eigenvalue weighted by molar-refractivity contribution is -0.870. The van der Waals surface area contributed by atoms with Crippen LogP contribution in [0.25, 0.3) is 21.8 Å². The van der Waals surface area contributed by atoms with E-state index in [1.165, 1.54) is 35.7 Å². The molecule has 1 aromatic heterocycles. The molecule has 1 heterocycles. The molecule has 0 aliphatic rings. The van der Waals surface area contributed by atoms with Gasteiger partial charge in [0, 0.05) is 28.4 Å². The summed E-state index contributed by atoms with van der Waals surface area (Å²) < 4.78 is 3.34. The topological polar surface area (TPSA) is 28.0 Å². The molecular weight excluding hydrogens is 284 g/mol. The lowest BCUT2D eigenvalue weighted by atomic mass is 10.1. The third-order valence-corrected chi connectivity index (χ3v) is 4.46. The summed E-state index contributed by atoms with van der Waals surface area (Å²) in [7, 11) is 6.72. The highest BCUT2D eigenvalue weighted by atomic mass is 16.3. The predicted molar refractivity (Wildman–Crippen MR) is 95.6 cm³/mol. The van der Waals surface area contributed by atoms with Gasteiger partial charge in [-0.3, -0.25) is 0 Å². The van der Waals surface area contributed by atoms with Crippen LogP contribution < -0.4 is 5.11 Å². The standard InChI is InChI=1S/C20H26N2O/c1-22(2,3)14-8-4-7-13-21-19-10-6-5-9-17(19)18-12-11-16(23)15-20(18)21/h5-6,9-12,15H,4,7-8,13-14H2,1-3H3. The highest BCUT2D eigenvalue weighted by molar-refractivity contribution is 6.08. The molecule has 0 amide bonds. The van der Waals surface area contributed by atoms with Crippen molar-refractivity contribution in [1.82, 2.24) is 4.57 Å². The van der Waals surface area contributed by atoms with Gasteiger partial charge in [0.2, 0.25) is 0 Å². The van der Waals surface area contributed by atoms with E-state index in [1.807, 2.05) is 6.07 Å². The summed E-state index contributed by atoms with van der Waals surface area (Å²) in [5.74, 6) is 0.0894. The lowest BCUT2D eigenvalue weighted by Crippen LogP contribution is -2.35. The predicted octanol–water partition coefficient (Wildman–Crippen LogP) is 3.74. The number of aromatic nitrogens is 1. The van der Waals surface area contributed by atoms with E-state index in [1.54, 1.807) is 12.1 Å². The van der Waals surface area contributed by atoms with Gasteiger partial charge in [-0.15, -0.1) is 5.75 Å². The largest absolute Gasteiger partial charge is 0.872 e. The van der Waals surface area contributed by atoms with Crippen LogP contribution in [-0.4, -0.2) is 36.7 Å². The van der Waals surface area contributed by atoms with E-state index >= 15 is 0 Å². The molecule has 23 heavy (non-hydrogen) atoms. The fraction of sp³-hybridized carbons (Fsp3) is 0.400. The third-order valence-electron chi connectivity index (χ3n) is 4.46. The first-order chi connectivity index (χ1) is 11.0. The average molecular weight is 310 g/mol. The van der Waals surface area contributed by atoms with Crippen molar-refractivity contribution in [2.24, 2.45) is 0 Å². The monoisotopic (exact) mass is 310 g/mol. The molecule has 0 saturated heterocycles. The third kappa shape index (κ3) is 3.50. The summed E-state index contributed by atoms with van der Waals surface area (Å²) in [5.41, 5.74) is 2.31. The Kier molecular flexibility index (Phi) is 4.31. The molecule has 3 nitrogen and oxygen atoms in total. The molecular formula is C20H26N2O. The van der Waals surface area contributed by atoms with Crippen LogP contribution in [0.3, 0.4) is 0 Å². The normalized spacial score (nSPS) is 12.3.